The Morgan fingerprint density at radius 3 is 2.44 bits per heavy atom. The number of carbonyl (C=O) groups excluding carboxylic acids is 3. The van der Waals surface area contributed by atoms with Gasteiger partial charge >= 0.3 is 6.09 Å². The van der Waals surface area contributed by atoms with E-state index < -0.39 is 47.5 Å². The number of alkyl carbamates (subject to hydrolysis) is 1. The van der Waals surface area contributed by atoms with Crippen LogP contribution < -0.4 is 5.32 Å². The lowest BCUT2D eigenvalue weighted by atomic mass is 9.80. The van der Waals surface area contributed by atoms with Gasteiger partial charge in [-0.1, -0.05) is 0 Å². The lowest BCUT2D eigenvalue weighted by Crippen LogP contribution is -2.60. The molecule has 3 amide bonds. The van der Waals surface area contributed by atoms with Crippen molar-refractivity contribution in [1.29, 1.82) is 5.26 Å². The number of benzene rings is 1. The van der Waals surface area contributed by atoms with E-state index in [0.717, 1.165) is 18.9 Å². The number of rotatable bonds is 6. The van der Waals surface area contributed by atoms with E-state index in [0.29, 0.717) is 30.9 Å². The number of fused-ring (bicyclic) bond motifs is 3. The molecule has 2 bridgehead atoms. The molecule has 1 aromatic rings. The third kappa shape index (κ3) is 5.19. The van der Waals surface area contributed by atoms with Crippen molar-refractivity contribution in [3.05, 3.63) is 35.4 Å². The highest BCUT2D eigenvalue weighted by molar-refractivity contribution is 5.88. The van der Waals surface area contributed by atoms with Gasteiger partial charge in [-0.25, -0.2) is 13.6 Å². The summed E-state index contributed by atoms with van der Waals surface area (Å²) in [5.41, 5.74) is -0.388. The molecule has 11 heteroatoms. The minimum Gasteiger partial charge on any atom is -0.444 e. The molecule has 0 radical (unpaired) electrons. The molecule has 3 saturated heterocycles. The van der Waals surface area contributed by atoms with Crippen LogP contribution in [0.5, 0.6) is 0 Å². The highest BCUT2D eigenvalue weighted by Gasteiger charge is 2.54. The van der Waals surface area contributed by atoms with Gasteiger partial charge in [-0.05, 0) is 77.0 Å². The van der Waals surface area contributed by atoms with Crippen molar-refractivity contribution in [2.45, 2.75) is 95.2 Å². The number of amides is 3. The van der Waals surface area contributed by atoms with Gasteiger partial charge < -0.3 is 19.9 Å². The number of nitriles is 1. The van der Waals surface area contributed by atoms with Gasteiger partial charge in [-0.3, -0.25) is 14.5 Å². The summed E-state index contributed by atoms with van der Waals surface area (Å²) < 4.78 is 33.1. The van der Waals surface area contributed by atoms with Crippen LogP contribution in [0.4, 0.5) is 13.6 Å². The van der Waals surface area contributed by atoms with E-state index in [1.165, 1.54) is 12.1 Å². The number of piperazine rings is 1. The third-order valence-corrected chi connectivity index (χ3v) is 8.50. The fourth-order valence-electron chi connectivity index (χ4n) is 6.68. The van der Waals surface area contributed by atoms with Gasteiger partial charge in [0.05, 0.1) is 18.2 Å². The average Bonchev–Trinajstić information content (AvgIpc) is 3.44. The molecule has 6 unspecified atom stereocenters. The van der Waals surface area contributed by atoms with Crippen LogP contribution >= 0.6 is 0 Å². The Kier molecular flexibility index (Phi) is 7.04. The molecule has 1 aliphatic carbocycles. The zero-order valence-corrected chi connectivity index (χ0v) is 22.7. The van der Waals surface area contributed by atoms with Crippen LogP contribution in [0.1, 0.15) is 65.0 Å². The molecule has 3 aliphatic heterocycles. The fourth-order valence-corrected chi connectivity index (χ4v) is 6.68. The summed E-state index contributed by atoms with van der Waals surface area (Å²) in [4.78, 5) is 45.1. The summed E-state index contributed by atoms with van der Waals surface area (Å²) in [7, 11) is 0. The van der Waals surface area contributed by atoms with Crippen LogP contribution in [0.15, 0.2) is 18.2 Å². The van der Waals surface area contributed by atoms with E-state index in [2.05, 4.69) is 11.4 Å². The number of nitrogens with one attached hydrogen (secondary N) is 1. The summed E-state index contributed by atoms with van der Waals surface area (Å²) in [6.45, 7) is 7.48. The Hall–Kier alpha value is -3.26. The maximum atomic E-state index is 13.8. The Morgan fingerprint density at radius 1 is 1.18 bits per heavy atom. The highest BCUT2D eigenvalue weighted by atomic mass is 19.1. The molecule has 4 aliphatic rings. The second-order valence-corrected chi connectivity index (χ2v) is 12.2. The van der Waals surface area contributed by atoms with E-state index in [1.54, 1.807) is 37.5 Å². The number of carbonyl (C=O) groups is 3. The summed E-state index contributed by atoms with van der Waals surface area (Å²) >= 11 is 0. The van der Waals surface area contributed by atoms with E-state index >= 15 is 0 Å². The van der Waals surface area contributed by atoms with E-state index in [1.807, 2.05) is 4.90 Å². The molecule has 3 heterocycles. The van der Waals surface area contributed by atoms with Gasteiger partial charge in [0, 0.05) is 31.2 Å². The van der Waals surface area contributed by atoms with Crippen molar-refractivity contribution in [3.8, 4) is 6.07 Å². The largest absolute Gasteiger partial charge is 0.444 e. The molecule has 0 aromatic heterocycles. The molecular formula is C28H35F2N5O4. The summed E-state index contributed by atoms with van der Waals surface area (Å²) in [5.74, 6) is -1.61. The molecule has 210 valence electrons. The van der Waals surface area contributed by atoms with Crippen LogP contribution in [-0.2, 0) is 14.3 Å². The van der Waals surface area contributed by atoms with Crippen LogP contribution in [0.2, 0.25) is 0 Å². The summed E-state index contributed by atoms with van der Waals surface area (Å²) in [6.07, 6.45) is 2.21. The third-order valence-electron chi connectivity index (χ3n) is 8.50. The first kappa shape index (κ1) is 27.3. The summed E-state index contributed by atoms with van der Waals surface area (Å²) in [5, 5.41) is 12.4. The van der Waals surface area contributed by atoms with Gasteiger partial charge in [-0.15, -0.1) is 0 Å². The Labute approximate surface area is 227 Å². The van der Waals surface area contributed by atoms with Crippen molar-refractivity contribution in [2.24, 2.45) is 5.92 Å². The van der Waals surface area contributed by atoms with Gasteiger partial charge in [0.1, 0.15) is 29.3 Å². The van der Waals surface area contributed by atoms with Crippen LogP contribution in [0.3, 0.4) is 0 Å². The number of hydrogen-bond donors (Lipinski definition) is 1. The monoisotopic (exact) mass is 543 g/mol. The minimum absolute atomic E-state index is 0.00949. The smallest absolute Gasteiger partial charge is 0.408 e. The zero-order chi connectivity index (χ0) is 28.2. The second-order valence-electron chi connectivity index (χ2n) is 12.2. The maximum absolute atomic E-state index is 13.8. The van der Waals surface area contributed by atoms with Crippen LogP contribution in [0.25, 0.3) is 0 Å². The topological polar surface area (TPSA) is 106 Å². The van der Waals surface area contributed by atoms with Gasteiger partial charge in [0.25, 0.3) is 0 Å². The lowest BCUT2D eigenvalue weighted by molar-refractivity contribution is -0.142. The van der Waals surface area contributed by atoms with Crippen molar-refractivity contribution in [3.63, 3.8) is 0 Å². The quantitative estimate of drug-likeness (QED) is 0.591. The van der Waals surface area contributed by atoms with Crippen LogP contribution in [0, 0.1) is 28.9 Å². The number of hydrogen-bond acceptors (Lipinski definition) is 6. The minimum atomic E-state index is -0.995. The lowest BCUT2D eigenvalue weighted by Gasteiger charge is -2.41. The number of ether oxygens (including phenoxy) is 1. The summed E-state index contributed by atoms with van der Waals surface area (Å²) in [6, 6.07) is 2.73. The van der Waals surface area contributed by atoms with E-state index in [9.17, 15) is 28.4 Å². The highest BCUT2D eigenvalue weighted by Crippen LogP contribution is 2.44. The molecule has 4 fully saturated rings. The predicted octanol–water partition coefficient (Wildman–Crippen LogP) is 3.11. The molecule has 39 heavy (non-hydrogen) atoms. The Balaban J connectivity index is 1.32. The molecule has 1 saturated carbocycles. The molecule has 9 nitrogen and oxygen atoms in total. The van der Waals surface area contributed by atoms with Crippen molar-refractivity contribution in [2.75, 3.05) is 13.1 Å². The van der Waals surface area contributed by atoms with E-state index in [4.69, 9.17) is 4.74 Å². The predicted molar refractivity (Wildman–Crippen MR) is 136 cm³/mol. The van der Waals surface area contributed by atoms with Crippen molar-refractivity contribution < 1.29 is 27.9 Å². The molecule has 1 aromatic carbocycles. The fraction of sp³-hybridized carbons (Fsp3) is 0.643. The molecule has 5 rings (SSSR count). The molecule has 7 atom stereocenters. The van der Waals surface area contributed by atoms with Crippen molar-refractivity contribution in [1.82, 2.24) is 20.0 Å². The second kappa shape index (κ2) is 10.0. The first-order valence-electron chi connectivity index (χ1n) is 13.6. The first-order valence-corrected chi connectivity index (χ1v) is 13.6. The normalized spacial score (nSPS) is 29.5. The number of likely N-dealkylation sites (tertiary alicyclic amines) is 3. The van der Waals surface area contributed by atoms with Gasteiger partial charge in [0.2, 0.25) is 11.8 Å². The average molecular weight is 544 g/mol. The zero-order valence-electron chi connectivity index (χ0n) is 22.7. The Bertz CT molecular complexity index is 1190. The van der Waals surface area contributed by atoms with Crippen LogP contribution in [-0.4, -0.2) is 81.5 Å². The van der Waals surface area contributed by atoms with Gasteiger partial charge in [-0.2, -0.15) is 5.26 Å². The first-order chi connectivity index (χ1) is 18.4. The number of nitrogens with zero attached hydrogens (tertiary/aromatic N) is 4. The van der Waals surface area contributed by atoms with Crippen molar-refractivity contribution >= 4 is 17.9 Å². The van der Waals surface area contributed by atoms with Gasteiger partial charge in [0.15, 0.2) is 0 Å². The standard InChI is InChI=1S/C28H35F2N5O4/c1-15(17-7-18(29)10-19(30)8-17)34-21-11-24(26(34)37)33(13-21)14-22(32-27(38)39-28(2,3)4)25(36)35-20(12-31)9-16-5-6-23(16)35/h7-8,10,15-16,20-24H,5-6,9,11,13-14H2,1-4H3,(H,32,38)/t15?,16-,20?,21?,22?,23?,24?/m0/s1. The van der Waals surface area contributed by atoms with E-state index in [-0.39, 0.29) is 30.4 Å². The SMILES string of the molecule is CC(c1cc(F)cc(F)c1)N1C(=O)C2CC1CN2CC(NC(=O)OC(C)(C)C)C(=O)N1C(C#N)C[C@@H]2CCC21. The molecular weight excluding hydrogens is 508 g/mol. The molecule has 0 spiro atoms. The maximum Gasteiger partial charge on any atom is 0.408 e. The Morgan fingerprint density at radius 2 is 1.87 bits per heavy atom. The molecule has 1 N–H and O–H groups in total. The number of halogens is 2.